The molecule has 4 heteroatoms. The highest BCUT2D eigenvalue weighted by atomic mass is 16.5. The van der Waals surface area contributed by atoms with Gasteiger partial charge in [-0.25, -0.2) is 4.79 Å². The van der Waals surface area contributed by atoms with Crippen LogP contribution in [0, 0.1) is 11.8 Å². The second-order valence-corrected chi connectivity index (χ2v) is 6.86. The Balaban J connectivity index is 1.77. The van der Waals surface area contributed by atoms with Crippen LogP contribution in [0.2, 0.25) is 0 Å². The van der Waals surface area contributed by atoms with Crippen LogP contribution in [0.15, 0.2) is 30.3 Å². The second kappa shape index (κ2) is 8.18. The number of rotatable bonds is 5. The summed E-state index contributed by atoms with van der Waals surface area (Å²) in [6.45, 7) is 10.2. The van der Waals surface area contributed by atoms with Gasteiger partial charge in [-0.2, -0.15) is 0 Å². The Morgan fingerprint density at radius 3 is 2.73 bits per heavy atom. The van der Waals surface area contributed by atoms with E-state index in [0.29, 0.717) is 18.4 Å². The maximum Gasteiger partial charge on any atom is 0.407 e. The lowest BCUT2D eigenvalue weighted by Crippen LogP contribution is -2.51. The summed E-state index contributed by atoms with van der Waals surface area (Å²) in [6.07, 6.45) is 0.710. The van der Waals surface area contributed by atoms with Gasteiger partial charge in [0.05, 0.1) is 0 Å². The maximum atomic E-state index is 12.0. The molecule has 0 aromatic heterocycles. The number of carbonyl (C=O) groups is 1. The van der Waals surface area contributed by atoms with E-state index < -0.39 is 0 Å². The molecule has 1 aromatic carbocycles. The third-order valence-electron chi connectivity index (χ3n) is 3.89. The number of amides is 1. The number of nitrogens with zero attached hydrogens (tertiary/aromatic N) is 1. The lowest BCUT2D eigenvalue weighted by atomic mass is 9.95. The first-order valence-electron chi connectivity index (χ1n) is 8.22. The second-order valence-electron chi connectivity index (χ2n) is 6.86. The molecule has 1 heterocycles. The molecule has 2 unspecified atom stereocenters. The predicted molar refractivity (Wildman–Crippen MR) is 88.6 cm³/mol. The van der Waals surface area contributed by atoms with Crippen LogP contribution in [0.5, 0.6) is 0 Å². The molecule has 1 fully saturated rings. The molecule has 1 amide bonds. The van der Waals surface area contributed by atoms with Crippen LogP contribution >= 0.6 is 0 Å². The van der Waals surface area contributed by atoms with E-state index in [4.69, 9.17) is 4.74 Å². The van der Waals surface area contributed by atoms with E-state index in [0.717, 1.165) is 31.6 Å². The SMILES string of the molecule is CC(C)CN1CC(C)CC(NC(=O)OCc2ccccc2)C1. The standard InChI is InChI=1S/C18H28N2O2/c1-14(2)10-20-11-15(3)9-17(12-20)19-18(21)22-13-16-7-5-4-6-8-16/h4-8,14-15,17H,9-13H2,1-3H3,(H,19,21). The maximum absolute atomic E-state index is 12.0. The summed E-state index contributed by atoms with van der Waals surface area (Å²) in [5.74, 6) is 1.25. The van der Waals surface area contributed by atoms with Crippen molar-refractivity contribution in [3.63, 3.8) is 0 Å². The zero-order chi connectivity index (χ0) is 15.9. The summed E-state index contributed by atoms with van der Waals surface area (Å²) < 4.78 is 5.31. The first-order valence-corrected chi connectivity index (χ1v) is 8.22. The van der Waals surface area contributed by atoms with Crippen molar-refractivity contribution in [2.24, 2.45) is 11.8 Å². The van der Waals surface area contributed by atoms with Crippen LogP contribution in [0.3, 0.4) is 0 Å². The highest BCUT2D eigenvalue weighted by molar-refractivity contribution is 5.67. The van der Waals surface area contributed by atoms with Crippen molar-refractivity contribution in [3.8, 4) is 0 Å². The molecule has 2 rings (SSSR count). The normalized spacial score (nSPS) is 22.5. The number of nitrogens with one attached hydrogen (secondary N) is 1. The molecule has 1 aliphatic rings. The molecule has 122 valence electrons. The number of benzene rings is 1. The molecule has 0 aliphatic carbocycles. The predicted octanol–water partition coefficient (Wildman–Crippen LogP) is 3.28. The van der Waals surface area contributed by atoms with Crippen LogP contribution in [0.4, 0.5) is 4.79 Å². The summed E-state index contributed by atoms with van der Waals surface area (Å²) >= 11 is 0. The minimum atomic E-state index is -0.313. The Morgan fingerprint density at radius 1 is 1.32 bits per heavy atom. The van der Waals surface area contributed by atoms with Gasteiger partial charge in [-0.3, -0.25) is 0 Å². The van der Waals surface area contributed by atoms with Crippen molar-refractivity contribution in [3.05, 3.63) is 35.9 Å². The quantitative estimate of drug-likeness (QED) is 0.907. The van der Waals surface area contributed by atoms with Crippen molar-refractivity contribution in [2.45, 2.75) is 39.8 Å². The minimum absolute atomic E-state index is 0.186. The highest BCUT2D eigenvalue weighted by Gasteiger charge is 2.26. The van der Waals surface area contributed by atoms with Crippen molar-refractivity contribution in [1.29, 1.82) is 0 Å². The van der Waals surface area contributed by atoms with Crippen LogP contribution in [0.25, 0.3) is 0 Å². The van der Waals surface area contributed by atoms with Crippen molar-refractivity contribution < 1.29 is 9.53 Å². The molecule has 0 saturated carbocycles. The van der Waals surface area contributed by atoms with Gasteiger partial charge in [-0.05, 0) is 23.8 Å². The molecule has 0 spiro atoms. The molecular formula is C18H28N2O2. The number of hydrogen-bond acceptors (Lipinski definition) is 3. The van der Waals surface area contributed by atoms with Gasteiger partial charge < -0.3 is 15.0 Å². The molecule has 22 heavy (non-hydrogen) atoms. The van der Waals surface area contributed by atoms with E-state index in [1.54, 1.807) is 0 Å². The van der Waals surface area contributed by atoms with E-state index in [1.807, 2.05) is 30.3 Å². The van der Waals surface area contributed by atoms with Gasteiger partial charge in [0.25, 0.3) is 0 Å². The van der Waals surface area contributed by atoms with Crippen LogP contribution in [-0.4, -0.2) is 36.7 Å². The number of alkyl carbamates (subject to hydrolysis) is 1. The van der Waals surface area contributed by atoms with Gasteiger partial charge in [-0.1, -0.05) is 51.1 Å². The van der Waals surface area contributed by atoms with Gasteiger partial charge in [0.2, 0.25) is 0 Å². The molecule has 1 aromatic rings. The molecule has 1 saturated heterocycles. The Bertz CT molecular complexity index is 459. The monoisotopic (exact) mass is 304 g/mol. The van der Waals surface area contributed by atoms with Gasteiger partial charge >= 0.3 is 6.09 Å². The number of ether oxygens (including phenoxy) is 1. The zero-order valence-electron chi connectivity index (χ0n) is 13.9. The zero-order valence-corrected chi connectivity index (χ0v) is 13.9. The van der Waals surface area contributed by atoms with Crippen molar-refractivity contribution in [2.75, 3.05) is 19.6 Å². The molecule has 0 bridgehead atoms. The van der Waals surface area contributed by atoms with Gasteiger partial charge in [-0.15, -0.1) is 0 Å². The van der Waals surface area contributed by atoms with E-state index in [1.165, 1.54) is 0 Å². The molecule has 1 aliphatic heterocycles. The van der Waals surface area contributed by atoms with Gasteiger partial charge in [0.1, 0.15) is 6.61 Å². The Hall–Kier alpha value is -1.55. The average Bonchev–Trinajstić information content (AvgIpc) is 2.45. The molecule has 2 atom stereocenters. The first-order chi connectivity index (χ1) is 10.5. The van der Waals surface area contributed by atoms with Crippen molar-refractivity contribution in [1.82, 2.24) is 10.2 Å². The summed E-state index contributed by atoms with van der Waals surface area (Å²) in [5, 5.41) is 3.02. The largest absolute Gasteiger partial charge is 0.445 e. The minimum Gasteiger partial charge on any atom is -0.445 e. The Morgan fingerprint density at radius 2 is 2.05 bits per heavy atom. The fraction of sp³-hybridized carbons (Fsp3) is 0.611. The number of likely N-dealkylation sites (tertiary alicyclic amines) is 1. The average molecular weight is 304 g/mol. The molecular weight excluding hydrogens is 276 g/mol. The molecule has 1 N–H and O–H groups in total. The van der Waals surface area contributed by atoms with E-state index in [9.17, 15) is 4.79 Å². The summed E-state index contributed by atoms with van der Waals surface area (Å²) in [4.78, 5) is 14.4. The number of piperidine rings is 1. The fourth-order valence-corrected chi connectivity index (χ4v) is 3.16. The number of hydrogen-bond donors (Lipinski definition) is 1. The molecule has 0 radical (unpaired) electrons. The fourth-order valence-electron chi connectivity index (χ4n) is 3.16. The molecule has 4 nitrogen and oxygen atoms in total. The van der Waals surface area contributed by atoms with Crippen molar-refractivity contribution >= 4 is 6.09 Å². The third kappa shape index (κ3) is 5.68. The number of carbonyl (C=O) groups excluding carboxylic acids is 1. The highest BCUT2D eigenvalue weighted by Crippen LogP contribution is 2.17. The first kappa shape index (κ1) is 16.8. The third-order valence-corrected chi connectivity index (χ3v) is 3.89. The van der Waals surface area contributed by atoms with Gasteiger partial charge in [0.15, 0.2) is 0 Å². The van der Waals surface area contributed by atoms with E-state index >= 15 is 0 Å². The lowest BCUT2D eigenvalue weighted by Gasteiger charge is -2.37. The van der Waals surface area contributed by atoms with Crippen LogP contribution < -0.4 is 5.32 Å². The van der Waals surface area contributed by atoms with E-state index in [2.05, 4.69) is 31.0 Å². The van der Waals surface area contributed by atoms with Crippen LogP contribution in [-0.2, 0) is 11.3 Å². The van der Waals surface area contributed by atoms with Crippen LogP contribution in [0.1, 0.15) is 32.8 Å². The topological polar surface area (TPSA) is 41.6 Å². The summed E-state index contributed by atoms with van der Waals surface area (Å²) in [6, 6.07) is 9.95. The van der Waals surface area contributed by atoms with E-state index in [-0.39, 0.29) is 12.1 Å². The summed E-state index contributed by atoms with van der Waals surface area (Å²) in [7, 11) is 0. The lowest BCUT2D eigenvalue weighted by molar-refractivity contribution is 0.109. The Kier molecular flexibility index (Phi) is 6.25. The summed E-state index contributed by atoms with van der Waals surface area (Å²) in [5.41, 5.74) is 1.01. The Labute approximate surface area is 133 Å². The smallest absolute Gasteiger partial charge is 0.407 e. The van der Waals surface area contributed by atoms with Gasteiger partial charge in [0, 0.05) is 25.7 Å².